The van der Waals surface area contributed by atoms with Crippen LogP contribution in [0.1, 0.15) is 10.4 Å². The van der Waals surface area contributed by atoms with Gasteiger partial charge in [-0.15, -0.1) is 5.10 Å². The molecular weight excluding hydrogens is 390 g/mol. The molecule has 154 valence electrons. The lowest BCUT2D eigenvalue weighted by molar-refractivity contribution is 0.0836. The summed E-state index contributed by atoms with van der Waals surface area (Å²) in [6, 6.07) is 7.91. The zero-order chi connectivity index (χ0) is 21.1. The summed E-state index contributed by atoms with van der Waals surface area (Å²) in [4.78, 5) is 19.4. The summed E-state index contributed by atoms with van der Waals surface area (Å²) >= 11 is 0. The van der Waals surface area contributed by atoms with Gasteiger partial charge < -0.3 is 15.1 Å². The van der Waals surface area contributed by atoms with Crippen LogP contribution in [0.2, 0.25) is 0 Å². The first kappa shape index (κ1) is 19.8. The number of piperazine rings is 1. The number of aromatic nitrogens is 3. The molecule has 30 heavy (non-hydrogen) atoms. The second-order valence-electron chi connectivity index (χ2n) is 7.12. The van der Waals surface area contributed by atoms with E-state index in [-0.39, 0.29) is 11.3 Å². The van der Waals surface area contributed by atoms with Gasteiger partial charge in [0.05, 0.1) is 23.6 Å². The Labute approximate surface area is 172 Å². The third-order valence-corrected chi connectivity index (χ3v) is 5.03. The van der Waals surface area contributed by atoms with Gasteiger partial charge in [0.2, 0.25) is 0 Å². The van der Waals surface area contributed by atoms with Crippen LogP contribution in [0.4, 0.5) is 26.1 Å². The number of carbonyl (C=O) groups is 1. The Morgan fingerprint density at radius 1 is 1.03 bits per heavy atom. The molecule has 0 bridgehead atoms. The van der Waals surface area contributed by atoms with Crippen molar-refractivity contribution in [2.24, 2.45) is 0 Å². The molecule has 1 aliphatic heterocycles. The molecule has 3 aromatic rings. The Hall–Kier alpha value is -3.46. The molecule has 1 saturated heterocycles. The zero-order valence-electron chi connectivity index (χ0n) is 16.3. The lowest BCUT2D eigenvalue weighted by atomic mass is 10.1. The average Bonchev–Trinajstić information content (AvgIpc) is 2.76. The third kappa shape index (κ3) is 4.41. The molecule has 9 heteroatoms. The summed E-state index contributed by atoms with van der Waals surface area (Å²) in [7, 11) is 2.07. The number of rotatable bonds is 5. The largest absolute Gasteiger partial charge is 0.354 e. The quantitative estimate of drug-likeness (QED) is 0.647. The van der Waals surface area contributed by atoms with Gasteiger partial charge in [-0.05, 0) is 30.8 Å². The van der Waals surface area contributed by atoms with Gasteiger partial charge in [-0.2, -0.15) is 9.49 Å². The first-order chi connectivity index (χ1) is 14.5. The summed E-state index contributed by atoms with van der Waals surface area (Å²) in [5, 5.41) is 10.9. The smallest absolute Gasteiger partial charge is 0.332 e. The summed E-state index contributed by atoms with van der Waals surface area (Å²) in [6.45, 7) is 3.48. The number of hydrogen-bond acceptors (Lipinski definition) is 7. The predicted octanol–water partition coefficient (Wildman–Crippen LogP) is 3.28. The van der Waals surface area contributed by atoms with Gasteiger partial charge in [0.25, 0.3) is 0 Å². The fraction of sp³-hybridized carbons (Fsp3) is 0.238. The Morgan fingerprint density at radius 3 is 2.47 bits per heavy atom. The number of nitrogens with zero attached hydrogens (tertiary/aromatic N) is 5. The van der Waals surface area contributed by atoms with Crippen LogP contribution in [0.25, 0.3) is 11.1 Å². The topological polar surface area (TPSA) is 74.2 Å². The van der Waals surface area contributed by atoms with Gasteiger partial charge in [-0.3, -0.25) is 4.79 Å². The van der Waals surface area contributed by atoms with Gasteiger partial charge in [-0.1, -0.05) is 12.1 Å². The minimum Gasteiger partial charge on any atom is -0.354 e. The lowest BCUT2D eigenvalue weighted by Crippen LogP contribution is -2.44. The maximum absolute atomic E-state index is 14.4. The summed E-state index contributed by atoms with van der Waals surface area (Å²) < 4.78 is 27.1. The van der Waals surface area contributed by atoms with Gasteiger partial charge in [0.15, 0.2) is 11.6 Å². The molecule has 0 radical (unpaired) electrons. The van der Waals surface area contributed by atoms with Crippen molar-refractivity contribution < 1.29 is 13.6 Å². The second-order valence-corrected chi connectivity index (χ2v) is 7.12. The van der Waals surface area contributed by atoms with Gasteiger partial charge in [0.1, 0.15) is 5.82 Å². The van der Waals surface area contributed by atoms with Gasteiger partial charge >= 0.3 is 6.04 Å². The van der Waals surface area contributed by atoms with Crippen molar-refractivity contribution in [1.29, 1.82) is 0 Å². The molecule has 0 amide bonds. The van der Waals surface area contributed by atoms with Crippen molar-refractivity contribution in [3.05, 3.63) is 60.2 Å². The Morgan fingerprint density at radius 2 is 1.77 bits per heavy atom. The maximum atomic E-state index is 14.4. The fourth-order valence-electron chi connectivity index (χ4n) is 3.25. The molecule has 7 nitrogen and oxygen atoms in total. The number of likely N-dealkylation sites (N-methyl/N-ethyl adjacent to an activating group) is 1. The Balaban J connectivity index is 1.55. The van der Waals surface area contributed by atoms with E-state index in [1.54, 1.807) is 24.3 Å². The van der Waals surface area contributed by atoms with Crippen molar-refractivity contribution in [2.75, 3.05) is 43.4 Å². The van der Waals surface area contributed by atoms with E-state index in [9.17, 15) is 13.6 Å². The standard InChI is InChI=1S/C21H20F2N6O/c1-28-6-8-29(9-7-28)20-11-18(17(22)13-24-20)26-19-10-16(12-25-27-19)14-2-4-15(5-3-14)21(23)30/h2-5,10-13H,6-9H2,1H3,(H,24,26,27). The Bertz CT molecular complexity index is 1050. The van der Waals surface area contributed by atoms with Crippen molar-refractivity contribution >= 4 is 23.4 Å². The van der Waals surface area contributed by atoms with E-state index < -0.39 is 11.9 Å². The highest BCUT2D eigenvalue weighted by atomic mass is 19.1. The summed E-state index contributed by atoms with van der Waals surface area (Å²) in [5.74, 6) is 0.557. The van der Waals surface area contributed by atoms with Crippen molar-refractivity contribution in [3.8, 4) is 11.1 Å². The maximum Gasteiger partial charge on any atom is 0.332 e. The number of halogens is 2. The average molecular weight is 410 g/mol. The van der Waals surface area contributed by atoms with Gasteiger partial charge in [0, 0.05) is 37.8 Å². The molecule has 3 heterocycles. The minimum absolute atomic E-state index is 0.0191. The molecule has 1 aliphatic rings. The highest BCUT2D eigenvalue weighted by molar-refractivity contribution is 5.89. The van der Waals surface area contributed by atoms with Gasteiger partial charge in [-0.25, -0.2) is 9.37 Å². The lowest BCUT2D eigenvalue weighted by Gasteiger charge is -2.33. The molecule has 4 rings (SSSR count). The van der Waals surface area contributed by atoms with E-state index in [1.807, 2.05) is 0 Å². The zero-order valence-corrected chi connectivity index (χ0v) is 16.3. The molecule has 1 fully saturated rings. The second kappa shape index (κ2) is 8.50. The van der Waals surface area contributed by atoms with Crippen molar-refractivity contribution in [1.82, 2.24) is 20.1 Å². The molecule has 0 aliphatic carbocycles. The number of benzene rings is 1. The van der Waals surface area contributed by atoms with Crippen LogP contribution >= 0.6 is 0 Å². The molecule has 1 N–H and O–H groups in total. The molecule has 0 atom stereocenters. The number of pyridine rings is 1. The van der Waals surface area contributed by atoms with Crippen LogP contribution in [0.3, 0.4) is 0 Å². The monoisotopic (exact) mass is 410 g/mol. The number of nitrogens with one attached hydrogen (secondary N) is 1. The van der Waals surface area contributed by atoms with Crippen LogP contribution in [0.15, 0.2) is 48.8 Å². The van der Waals surface area contributed by atoms with E-state index >= 15 is 0 Å². The molecule has 1 aromatic carbocycles. The van der Waals surface area contributed by atoms with Crippen LogP contribution in [-0.4, -0.2) is 59.3 Å². The van der Waals surface area contributed by atoms with E-state index in [0.717, 1.165) is 31.7 Å². The van der Waals surface area contributed by atoms with Crippen molar-refractivity contribution in [2.45, 2.75) is 0 Å². The molecule has 0 unspecified atom stereocenters. The molecule has 2 aromatic heterocycles. The van der Waals surface area contributed by atoms with Crippen LogP contribution in [0, 0.1) is 5.82 Å². The van der Waals surface area contributed by atoms with Crippen LogP contribution < -0.4 is 10.2 Å². The highest BCUT2D eigenvalue weighted by Crippen LogP contribution is 2.26. The first-order valence-electron chi connectivity index (χ1n) is 9.48. The summed E-state index contributed by atoms with van der Waals surface area (Å²) in [5.41, 5.74) is 1.66. The molecular formula is C21H20F2N6O. The Kier molecular flexibility index (Phi) is 5.62. The van der Waals surface area contributed by atoms with E-state index in [4.69, 9.17) is 0 Å². The van der Waals surface area contributed by atoms with Crippen LogP contribution in [-0.2, 0) is 0 Å². The number of hydrogen-bond donors (Lipinski definition) is 1. The fourth-order valence-corrected chi connectivity index (χ4v) is 3.25. The predicted molar refractivity (Wildman–Crippen MR) is 110 cm³/mol. The van der Waals surface area contributed by atoms with E-state index in [1.165, 1.54) is 24.5 Å². The first-order valence-corrected chi connectivity index (χ1v) is 9.48. The third-order valence-electron chi connectivity index (χ3n) is 5.03. The summed E-state index contributed by atoms with van der Waals surface area (Å²) in [6.07, 6.45) is 2.73. The highest BCUT2D eigenvalue weighted by Gasteiger charge is 2.17. The SMILES string of the molecule is CN1CCN(c2cc(Nc3cc(-c4ccc(C(=O)F)cc4)cnn3)c(F)cn2)CC1. The van der Waals surface area contributed by atoms with Crippen LogP contribution in [0.5, 0.6) is 0 Å². The molecule has 0 saturated carbocycles. The van der Waals surface area contributed by atoms with E-state index in [0.29, 0.717) is 17.2 Å². The number of anilines is 3. The van der Waals surface area contributed by atoms with E-state index in [2.05, 4.69) is 37.3 Å². The van der Waals surface area contributed by atoms with Crippen molar-refractivity contribution in [3.63, 3.8) is 0 Å². The molecule has 0 spiro atoms. The normalized spacial score (nSPS) is 14.6. The number of carbonyl (C=O) groups excluding carboxylic acids is 1. The minimum atomic E-state index is -1.49.